The molecular formula is C30H41NO2S6. The molecule has 1 aromatic carbocycles. The molecule has 0 saturated heterocycles. The standard InChI is InChI=1S/C30H41NO2S6/c1-9-34-25-26(35-13-12-33-11-10-32-8)39-28(38-25)27-36-23-18-31(19-24(23)37-27)17-20-14-21(29(2,3)4)16-22(15-20)30(5,6)7/h14-16,18-19H,9-13,17H2,1-8H3. The molecule has 3 heterocycles. The van der Waals surface area contributed by atoms with Crippen molar-refractivity contribution in [1.29, 1.82) is 0 Å². The molecule has 2 aliphatic rings. The lowest BCUT2D eigenvalue weighted by molar-refractivity contribution is 0.0790. The van der Waals surface area contributed by atoms with Crippen LogP contribution in [0.3, 0.4) is 0 Å². The van der Waals surface area contributed by atoms with Crippen molar-refractivity contribution in [3.05, 3.63) is 64.2 Å². The van der Waals surface area contributed by atoms with Crippen LogP contribution in [0.5, 0.6) is 0 Å². The second-order valence-electron chi connectivity index (χ2n) is 11.5. The number of nitrogens with zero attached hydrogens (tertiary/aromatic N) is 1. The molecular weight excluding hydrogens is 599 g/mol. The third-order valence-electron chi connectivity index (χ3n) is 6.18. The van der Waals surface area contributed by atoms with Gasteiger partial charge in [-0.15, -0.1) is 23.5 Å². The Bertz CT molecular complexity index is 1160. The fraction of sp³-hybridized carbons (Fsp3) is 0.533. The highest BCUT2D eigenvalue weighted by Gasteiger charge is 2.30. The van der Waals surface area contributed by atoms with E-state index in [1.165, 1.54) is 43.4 Å². The third-order valence-corrected chi connectivity index (χ3v) is 14.6. The first-order valence-corrected chi connectivity index (χ1v) is 18.6. The molecule has 0 N–H and O–H groups in total. The van der Waals surface area contributed by atoms with Gasteiger partial charge in [0.15, 0.2) is 0 Å². The number of thioether (sulfide) groups is 6. The summed E-state index contributed by atoms with van der Waals surface area (Å²) in [5.41, 5.74) is 4.48. The summed E-state index contributed by atoms with van der Waals surface area (Å²) < 4.78 is 18.8. The molecule has 0 aliphatic carbocycles. The lowest BCUT2D eigenvalue weighted by Gasteiger charge is -2.26. The van der Waals surface area contributed by atoms with Crippen molar-refractivity contribution in [2.45, 2.75) is 75.6 Å². The second-order valence-corrected chi connectivity index (χ2v) is 19.1. The predicted octanol–water partition coefficient (Wildman–Crippen LogP) is 10.2. The molecule has 9 heteroatoms. The summed E-state index contributed by atoms with van der Waals surface area (Å²) in [5.74, 6) is 2.07. The maximum absolute atomic E-state index is 5.67. The van der Waals surface area contributed by atoms with E-state index >= 15 is 0 Å². The van der Waals surface area contributed by atoms with Gasteiger partial charge in [-0.2, -0.15) is 0 Å². The minimum absolute atomic E-state index is 0.134. The zero-order chi connectivity index (χ0) is 28.2. The third kappa shape index (κ3) is 8.76. The van der Waals surface area contributed by atoms with Crippen LogP contribution in [0.1, 0.15) is 65.2 Å². The van der Waals surface area contributed by atoms with E-state index in [0.29, 0.717) is 13.2 Å². The van der Waals surface area contributed by atoms with Gasteiger partial charge >= 0.3 is 0 Å². The number of hydrogen-bond acceptors (Lipinski definition) is 8. The fourth-order valence-electron chi connectivity index (χ4n) is 3.98. The first kappa shape index (κ1) is 31.9. The highest BCUT2D eigenvalue weighted by atomic mass is 32.3. The quantitative estimate of drug-likeness (QED) is 0.224. The number of aromatic nitrogens is 1. The number of methoxy groups -OCH3 is 1. The van der Waals surface area contributed by atoms with Gasteiger partial charge < -0.3 is 14.0 Å². The Kier molecular flexibility index (Phi) is 11.4. The normalized spacial score (nSPS) is 16.1. The van der Waals surface area contributed by atoms with E-state index in [-0.39, 0.29) is 10.8 Å². The average molecular weight is 640 g/mol. The maximum atomic E-state index is 5.67. The molecule has 0 fully saturated rings. The summed E-state index contributed by atoms with van der Waals surface area (Å²) in [5, 5.41) is 0. The minimum atomic E-state index is 0.134. The van der Waals surface area contributed by atoms with Gasteiger partial charge in [0.1, 0.15) is 0 Å². The summed E-state index contributed by atoms with van der Waals surface area (Å²) in [6.07, 6.45) is 4.68. The summed E-state index contributed by atoms with van der Waals surface area (Å²) in [7, 11) is 1.71. The molecule has 0 unspecified atom stereocenters. The van der Waals surface area contributed by atoms with Crippen LogP contribution in [0.25, 0.3) is 0 Å². The van der Waals surface area contributed by atoms with Gasteiger partial charge in [0.25, 0.3) is 0 Å². The van der Waals surface area contributed by atoms with E-state index in [9.17, 15) is 0 Å². The van der Waals surface area contributed by atoms with Gasteiger partial charge in [-0.3, -0.25) is 0 Å². The molecule has 0 amide bonds. The molecule has 0 atom stereocenters. The van der Waals surface area contributed by atoms with Crippen LogP contribution in [0.15, 0.2) is 57.3 Å². The van der Waals surface area contributed by atoms with Crippen LogP contribution in [0, 0.1) is 0 Å². The smallest absolute Gasteiger partial charge is 0.0717 e. The summed E-state index contributed by atoms with van der Waals surface area (Å²) in [6.45, 7) is 19.1. The first-order chi connectivity index (χ1) is 18.5. The van der Waals surface area contributed by atoms with Crippen molar-refractivity contribution < 1.29 is 9.47 Å². The first-order valence-electron chi connectivity index (χ1n) is 13.3. The van der Waals surface area contributed by atoms with Crippen LogP contribution >= 0.6 is 70.6 Å². The summed E-state index contributed by atoms with van der Waals surface area (Å²) in [4.78, 5) is 2.76. The molecule has 2 aromatic rings. The van der Waals surface area contributed by atoms with Gasteiger partial charge in [0, 0.05) is 41.6 Å². The number of hydrogen-bond donors (Lipinski definition) is 0. The van der Waals surface area contributed by atoms with Gasteiger partial charge in [-0.05, 0) is 33.3 Å². The molecule has 0 radical (unpaired) electrons. The van der Waals surface area contributed by atoms with Crippen LogP contribution < -0.4 is 0 Å². The van der Waals surface area contributed by atoms with Crippen LogP contribution in [0.4, 0.5) is 0 Å². The maximum Gasteiger partial charge on any atom is 0.0717 e. The van der Waals surface area contributed by atoms with Gasteiger partial charge in [-0.1, -0.05) is 114 Å². The van der Waals surface area contributed by atoms with E-state index in [2.05, 4.69) is 83.6 Å². The van der Waals surface area contributed by atoms with Crippen LogP contribution in [0.2, 0.25) is 0 Å². The Balaban J connectivity index is 1.42. The average Bonchev–Trinajstić information content (AvgIpc) is 3.54. The Morgan fingerprint density at radius 3 is 1.85 bits per heavy atom. The van der Waals surface area contributed by atoms with E-state index in [4.69, 9.17) is 9.47 Å². The van der Waals surface area contributed by atoms with Crippen molar-refractivity contribution in [3.63, 3.8) is 0 Å². The predicted molar refractivity (Wildman–Crippen MR) is 182 cm³/mol. The van der Waals surface area contributed by atoms with Gasteiger partial charge in [0.2, 0.25) is 0 Å². The molecule has 2 aliphatic heterocycles. The monoisotopic (exact) mass is 639 g/mol. The molecule has 39 heavy (non-hydrogen) atoms. The topological polar surface area (TPSA) is 23.4 Å². The molecule has 0 saturated carbocycles. The van der Waals surface area contributed by atoms with Gasteiger partial charge in [-0.25, -0.2) is 0 Å². The lowest BCUT2D eigenvalue weighted by atomic mass is 9.79. The van der Waals surface area contributed by atoms with Crippen molar-refractivity contribution in [1.82, 2.24) is 4.57 Å². The summed E-state index contributed by atoms with van der Waals surface area (Å²) >= 11 is 11.7. The zero-order valence-corrected chi connectivity index (χ0v) is 29.2. The van der Waals surface area contributed by atoms with Crippen LogP contribution in [-0.4, -0.2) is 43.0 Å². The second kappa shape index (κ2) is 14.0. The molecule has 0 spiro atoms. The molecule has 1 aromatic heterocycles. The number of ether oxygens (including phenoxy) is 2. The number of rotatable bonds is 11. The van der Waals surface area contributed by atoms with Crippen molar-refractivity contribution >= 4 is 70.6 Å². The van der Waals surface area contributed by atoms with Crippen molar-refractivity contribution in [2.75, 3.05) is 38.4 Å². The number of benzene rings is 1. The van der Waals surface area contributed by atoms with E-state index < -0.39 is 0 Å². The van der Waals surface area contributed by atoms with Crippen molar-refractivity contribution in [2.24, 2.45) is 0 Å². The highest BCUT2D eigenvalue weighted by molar-refractivity contribution is 8.42. The zero-order valence-electron chi connectivity index (χ0n) is 24.3. The van der Waals surface area contributed by atoms with E-state index in [1.807, 2.05) is 70.6 Å². The molecule has 3 nitrogen and oxygen atoms in total. The minimum Gasteiger partial charge on any atom is -0.382 e. The van der Waals surface area contributed by atoms with E-state index in [0.717, 1.165) is 24.7 Å². The molecule has 4 rings (SSSR count). The molecule has 214 valence electrons. The Labute approximate surface area is 261 Å². The fourth-order valence-corrected chi connectivity index (χ4v) is 12.5. The highest BCUT2D eigenvalue weighted by Crippen LogP contribution is 2.64. The largest absolute Gasteiger partial charge is 0.382 e. The van der Waals surface area contributed by atoms with Crippen molar-refractivity contribution in [3.8, 4) is 0 Å². The van der Waals surface area contributed by atoms with E-state index in [1.54, 1.807) is 7.11 Å². The van der Waals surface area contributed by atoms with Crippen LogP contribution in [-0.2, 0) is 26.8 Å². The Morgan fingerprint density at radius 2 is 1.31 bits per heavy atom. The number of fused-ring (bicyclic) bond motifs is 1. The Morgan fingerprint density at radius 1 is 0.744 bits per heavy atom. The molecule has 0 bridgehead atoms. The SMILES string of the molecule is CCSC1=C(SCCOCCOC)SC(=C2Sc3cn(Cc4cc(C(C)(C)C)cc(C(C)(C)C)c4)cc3S2)S1. The lowest BCUT2D eigenvalue weighted by Crippen LogP contribution is -2.17. The Hall–Kier alpha value is -0.000000000000000111. The van der Waals surface area contributed by atoms with Gasteiger partial charge in [0.05, 0.1) is 36.8 Å². The summed E-state index contributed by atoms with van der Waals surface area (Å²) in [6, 6.07) is 7.21.